The third-order valence-corrected chi connectivity index (χ3v) is 6.75. The van der Waals surface area contributed by atoms with Crippen LogP contribution in [-0.4, -0.2) is 68.6 Å². The molecule has 0 unspecified atom stereocenters. The molecule has 0 aromatic heterocycles. The molecule has 1 fully saturated rings. The van der Waals surface area contributed by atoms with Crippen LogP contribution in [0.3, 0.4) is 0 Å². The van der Waals surface area contributed by atoms with Crippen molar-refractivity contribution in [3.63, 3.8) is 0 Å². The van der Waals surface area contributed by atoms with Gasteiger partial charge in [-0.15, -0.1) is 0 Å². The molecule has 2 heterocycles. The molecule has 1 saturated heterocycles. The van der Waals surface area contributed by atoms with Crippen molar-refractivity contribution in [1.29, 1.82) is 0 Å². The van der Waals surface area contributed by atoms with Crippen LogP contribution in [-0.2, 0) is 22.4 Å². The first-order valence-corrected chi connectivity index (χ1v) is 12.2. The van der Waals surface area contributed by atoms with Crippen LogP contribution in [0.15, 0.2) is 48.5 Å². The monoisotopic (exact) mass is 464 g/mol. The molecule has 7 nitrogen and oxygen atoms in total. The molecule has 2 aliphatic rings. The SMILES string of the molecule is COc1ccccc1CCNC(=O)[C@@H]1Cc2ccccc2N2CCN(CC(=O)NC(C)C)C[C@@H]12. The molecule has 2 N–H and O–H groups in total. The Labute approximate surface area is 202 Å². The smallest absolute Gasteiger partial charge is 0.234 e. The first-order chi connectivity index (χ1) is 16.5. The third kappa shape index (κ3) is 5.53. The highest BCUT2D eigenvalue weighted by atomic mass is 16.5. The third-order valence-electron chi connectivity index (χ3n) is 6.75. The molecule has 2 aromatic rings. The van der Waals surface area contributed by atoms with Gasteiger partial charge < -0.3 is 20.3 Å². The minimum Gasteiger partial charge on any atom is -0.496 e. The van der Waals surface area contributed by atoms with E-state index in [1.807, 2.05) is 44.2 Å². The molecule has 7 heteroatoms. The summed E-state index contributed by atoms with van der Waals surface area (Å²) in [5.74, 6) is 0.797. The normalized spacial score (nSPS) is 19.8. The fourth-order valence-corrected chi connectivity index (χ4v) is 5.19. The number of piperazine rings is 1. The Hall–Kier alpha value is -3.06. The van der Waals surface area contributed by atoms with Crippen LogP contribution in [0.4, 0.5) is 5.69 Å². The van der Waals surface area contributed by atoms with Crippen molar-refractivity contribution in [2.45, 2.75) is 38.8 Å². The van der Waals surface area contributed by atoms with E-state index < -0.39 is 0 Å². The van der Waals surface area contributed by atoms with E-state index in [4.69, 9.17) is 4.74 Å². The van der Waals surface area contributed by atoms with E-state index in [9.17, 15) is 9.59 Å². The fraction of sp³-hybridized carbons (Fsp3) is 0.481. The minimum absolute atomic E-state index is 0.0393. The topological polar surface area (TPSA) is 73.9 Å². The van der Waals surface area contributed by atoms with Gasteiger partial charge in [0.2, 0.25) is 11.8 Å². The molecular formula is C27H36N4O3. The molecule has 34 heavy (non-hydrogen) atoms. The predicted molar refractivity (Wildman–Crippen MR) is 134 cm³/mol. The summed E-state index contributed by atoms with van der Waals surface area (Å²) in [6, 6.07) is 16.5. The maximum atomic E-state index is 13.4. The second kappa shape index (κ2) is 10.9. The summed E-state index contributed by atoms with van der Waals surface area (Å²) in [4.78, 5) is 30.3. The Balaban J connectivity index is 1.45. The molecular weight excluding hydrogens is 428 g/mol. The lowest BCUT2D eigenvalue weighted by atomic mass is 9.83. The largest absolute Gasteiger partial charge is 0.496 e. The van der Waals surface area contributed by atoms with Crippen LogP contribution in [0, 0.1) is 5.92 Å². The van der Waals surface area contributed by atoms with Gasteiger partial charge in [-0.2, -0.15) is 0 Å². The van der Waals surface area contributed by atoms with Crippen molar-refractivity contribution in [3.05, 3.63) is 59.7 Å². The maximum Gasteiger partial charge on any atom is 0.234 e. The highest BCUT2D eigenvalue weighted by Crippen LogP contribution is 2.36. The van der Waals surface area contributed by atoms with Crippen LogP contribution < -0.4 is 20.3 Å². The number of methoxy groups -OCH3 is 1. The highest BCUT2D eigenvalue weighted by Gasteiger charge is 2.41. The van der Waals surface area contributed by atoms with Gasteiger partial charge in [0.25, 0.3) is 0 Å². The molecule has 0 aliphatic carbocycles. The number of nitrogens with one attached hydrogen (secondary N) is 2. The summed E-state index contributed by atoms with van der Waals surface area (Å²) in [5.41, 5.74) is 3.52. The maximum absolute atomic E-state index is 13.4. The zero-order valence-corrected chi connectivity index (χ0v) is 20.4. The summed E-state index contributed by atoms with van der Waals surface area (Å²) in [5, 5.41) is 6.16. The number of fused-ring (bicyclic) bond motifs is 3. The lowest BCUT2D eigenvalue weighted by Crippen LogP contribution is -2.62. The lowest BCUT2D eigenvalue weighted by molar-refractivity contribution is -0.126. The predicted octanol–water partition coefficient (Wildman–Crippen LogP) is 2.24. The second-order valence-electron chi connectivity index (χ2n) is 9.51. The summed E-state index contributed by atoms with van der Waals surface area (Å²) in [7, 11) is 1.67. The molecule has 0 bridgehead atoms. The molecule has 0 saturated carbocycles. The molecule has 0 radical (unpaired) electrons. The van der Waals surface area contributed by atoms with Gasteiger partial charge in [0.15, 0.2) is 0 Å². The first kappa shape index (κ1) is 24.1. The fourth-order valence-electron chi connectivity index (χ4n) is 5.19. The summed E-state index contributed by atoms with van der Waals surface area (Å²) in [6.07, 6.45) is 1.43. The van der Waals surface area contributed by atoms with Gasteiger partial charge >= 0.3 is 0 Å². The van der Waals surface area contributed by atoms with E-state index in [2.05, 4.69) is 38.6 Å². The first-order valence-electron chi connectivity index (χ1n) is 12.2. The van der Waals surface area contributed by atoms with Crippen LogP contribution >= 0.6 is 0 Å². The Morgan fingerprint density at radius 1 is 1.09 bits per heavy atom. The van der Waals surface area contributed by atoms with Crippen LogP contribution in [0.1, 0.15) is 25.0 Å². The van der Waals surface area contributed by atoms with Crippen molar-refractivity contribution in [1.82, 2.24) is 15.5 Å². The molecule has 2 atom stereocenters. The van der Waals surface area contributed by atoms with Gasteiger partial charge in [-0.25, -0.2) is 0 Å². The number of hydrogen-bond donors (Lipinski definition) is 2. The molecule has 182 valence electrons. The highest BCUT2D eigenvalue weighted by molar-refractivity contribution is 5.82. The molecule has 0 spiro atoms. The Bertz CT molecular complexity index is 1010. The van der Waals surface area contributed by atoms with E-state index in [-0.39, 0.29) is 29.8 Å². The minimum atomic E-state index is -0.163. The number of ether oxygens (including phenoxy) is 1. The van der Waals surface area contributed by atoms with E-state index in [0.29, 0.717) is 26.1 Å². The van der Waals surface area contributed by atoms with E-state index >= 15 is 0 Å². The van der Waals surface area contributed by atoms with E-state index in [1.165, 1.54) is 11.3 Å². The standard InChI is InChI=1S/C27H36N4O3/c1-19(2)29-26(32)18-30-14-15-31-23-10-6-4-9-21(23)16-22(24(31)17-30)27(33)28-13-12-20-8-5-7-11-25(20)34-3/h4-11,19,22,24H,12-18H2,1-3H3,(H,28,33)(H,29,32)/t22-,24+/m1/s1. The summed E-state index contributed by atoms with van der Waals surface area (Å²) < 4.78 is 5.44. The van der Waals surface area contributed by atoms with Gasteiger partial charge in [0.1, 0.15) is 5.75 Å². The molecule has 2 amide bonds. The van der Waals surface area contributed by atoms with E-state index in [0.717, 1.165) is 30.8 Å². The number of hydrogen-bond acceptors (Lipinski definition) is 5. The van der Waals surface area contributed by atoms with Crippen molar-refractivity contribution in [2.24, 2.45) is 5.92 Å². The average Bonchev–Trinajstić information content (AvgIpc) is 2.83. The van der Waals surface area contributed by atoms with Crippen LogP contribution in [0.2, 0.25) is 0 Å². The number of nitrogens with zero attached hydrogens (tertiary/aromatic N) is 2. The second-order valence-corrected chi connectivity index (χ2v) is 9.51. The van der Waals surface area contributed by atoms with E-state index in [1.54, 1.807) is 7.11 Å². The van der Waals surface area contributed by atoms with Crippen LogP contribution in [0.5, 0.6) is 5.75 Å². The quantitative estimate of drug-likeness (QED) is 0.627. The zero-order valence-electron chi connectivity index (χ0n) is 20.4. The molecule has 4 rings (SSSR count). The van der Waals surface area contributed by atoms with Crippen LogP contribution in [0.25, 0.3) is 0 Å². The van der Waals surface area contributed by atoms with Crippen molar-refractivity contribution >= 4 is 17.5 Å². The van der Waals surface area contributed by atoms with Crippen molar-refractivity contribution in [2.75, 3.05) is 44.7 Å². The van der Waals surface area contributed by atoms with Gasteiger partial charge in [0, 0.05) is 37.9 Å². The summed E-state index contributed by atoms with van der Waals surface area (Å²) in [6.45, 7) is 7.18. The number of benzene rings is 2. The Kier molecular flexibility index (Phi) is 7.73. The Morgan fingerprint density at radius 2 is 1.85 bits per heavy atom. The van der Waals surface area contributed by atoms with Gasteiger partial charge in [-0.3, -0.25) is 14.5 Å². The Morgan fingerprint density at radius 3 is 2.65 bits per heavy atom. The van der Waals surface area contributed by atoms with Crippen molar-refractivity contribution < 1.29 is 14.3 Å². The van der Waals surface area contributed by atoms with Gasteiger partial charge in [-0.1, -0.05) is 36.4 Å². The number of amides is 2. The number of carbonyl (C=O) groups is 2. The van der Waals surface area contributed by atoms with Gasteiger partial charge in [0.05, 0.1) is 25.6 Å². The number of carbonyl (C=O) groups excluding carboxylic acids is 2. The summed E-state index contributed by atoms with van der Waals surface area (Å²) >= 11 is 0. The number of anilines is 1. The molecule has 2 aliphatic heterocycles. The number of rotatable bonds is 8. The lowest BCUT2D eigenvalue weighted by Gasteiger charge is -2.49. The van der Waals surface area contributed by atoms with Gasteiger partial charge in [-0.05, 0) is 49.9 Å². The molecule has 2 aromatic carbocycles. The average molecular weight is 465 g/mol. The zero-order chi connectivity index (χ0) is 24.1. The number of para-hydroxylation sites is 2. The van der Waals surface area contributed by atoms with Crippen molar-refractivity contribution in [3.8, 4) is 5.75 Å².